The summed E-state index contributed by atoms with van der Waals surface area (Å²) >= 11 is 0. The molecule has 0 aliphatic rings. The maximum atomic E-state index is 10.7. The van der Waals surface area contributed by atoms with Gasteiger partial charge in [0.05, 0.1) is 4.92 Å². The van der Waals surface area contributed by atoms with E-state index in [1.165, 1.54) is 0 Å². The van der Waals surface area contributed by atoms with Crippen LogP contribution < -0.4 is 9.13 Å². The molecular weight excluding hydrogens is 314 g/mol. The van der Waals surface area contributed by atoms with Gasteiger partial charge in [0.15, 0.2) is 37.5 Å². The number of non-ortho nitro benzene ring substituents is 1. The van der Waals surface area contributed by atoms with Crippen molar-refractivity contribution in [1.29, 1.82) is 0 Å². The molecule has 2 aromatic heterocycles. The Bertz CT molecular complexity index is 870. The zero-order valence-corrected chi connectivity index (χ0v) is 13.8. The fourth-order valence-electron chi connectivity index (χ4n) is 2.59. The third-order valence-corrected chi connectivity index (χ3v) is 4.09. The molecule has 1 aromatic carbocycles. The van der Waals surface area contributed by atoms with Gasteiger partial charge in [0.1, 0.15) is 0 Å². The van der Waals surface area contributed by atoms with E-state index in [1.807, 2.05) is 29.1 Å². The number of benzene rings is 1. The van der Waals surface area contributed by atoms with E-state index in [-0.39, 0.29) is 10.6 Å². The molecule has 0 saturated carbocycles. The van der Waals surface area contributed by atoms with E-state index in [0.717, 1.165) is 29.7 Å². The second-order valence-electron chi connectivity index (χ2n) is 5.71. The summed E-state index contributed by atoms with van der Waals surface area (Å²) in [5.41, 5.74) is 3.52. The highest BCUT2D eigenvalue weighted by Crippen LogP contribution is 2.16. The Labute approximate surface area is 146 Å². The first-order chi connectivity index (χ1) is 12.2. The molecular formula is C20H19N3O2+2. The van der Waals surface area contributed by atoms with Gasteiger partial charge >= 0.3 is 0 Å². The molecule has 3 rings (SSSR count). The van der Waals surface area contributed by atoms with Crippen LogP contribution in [-0.4, -0.2) is 4.92 Å². The van der Waals surface area contributed by atoms with Crippen LogP contribution in [-0.2, 0) is 13.0 Å². The summed E-state index contributed by atoms with van der Waals surface area (Å²) in [5, 5.41) is 10.7. The molecule has 0 unspecified atom stereocenters. The summed E-state index contributed by atoms with van der Waals surface area (Å²) in [4.78, 5) is 10.3. The smallest absolute Gasteiger partial charge is 0.258 e. The second kappa shape index (κ2) is 7.49. The molecule has 0 aliphatic carbocycles. The first-order valence-electron chi connectivity index (χ1n) is 8.02. The third-order valence-electron chi connectivity index (χ3n) is 4.09. The largest absolute Gasteiger partial charge is 0.269 e. The summed E-state index contributed by atoms with van der Waals surface area (Å²) in [6, 6.07) is 15.0. The van der Waals surface area contributed by atoms with Gasteiger partial charge in [-0.3, -0.25) is 10.1 Å². The number of nitro groups is 1. The molecule has 0 saturated heterocycles. The Hall–Kier alpha value is -3.34. The predicted molar refractivity (Wildman–Crippen MR) is 95.5 cm³/mol. The van der Waals surface area contributed by atoms with Gasteiger partial charge in [-0.1, -0.05) is 12.1 Å². The fourth-order valence-corrected chi connectivity index (χ4v) is 2.59. The highest BCUT2D eigenvalue weighted by molar-refractivity contribution is 5.61. The normalized spacial score (nSPS) is 10.4. The van der Waals surface area contributed by atoms with Crippen molar-refractivity contribution in [1.82, 2.24) is 0 Å². The van der Waals surface area contributed by atoms with Gasteiger partial charge in [-0.15, -0.1) is 0 Å². The van der Waals surface area contributed by atoms with Gasteiger partial charge < -0.3 is 0 Å². The zero-order valence-electron chi connectivity index (χ0n) is 13.8. The average Bonchev–Trinajstić information content (AvgIpc) is 2.67. The van der Waals surface area contributed by atoms with Crippen LogP contribution in [0.25, 0.3) is 17.3 Å². The van der Waals surface area contributed by atoms with Crippen molar-refractivity contribution < 1.29 is 14.1 Å². The maximum absolute atomic E-state index is 10.7. The lowest BCUT2D eigenvalue weighted by molar-refractivity contribution is -0.696. The molecule has 0 radical (unpaired) electrons. The van der Waals surface area contributed by atoms with Crippen LogP contribution in [0, 0.1) is 10.1 Å². The van der Waals surface area contributed by atoms with E-state index in [2.05, 4.69) is 47.8 Å². The average molecular weight is 333 g/mol. The second-order valence-corrected chi connectivity index (χ2v) is 5.71. The highest BCUT2D eigenvalue weighted by atomic mass is 16.6. The fraction of sp³-hybridized carbons (Fsp3) is 0.100. The number of pyridine rings is 2. The van der Waals surface area contributed by atoms with Crippen molar-refractivity contribution in [2.24, 2.45) is 0 Å². The SMILES string of the molecule is C=C[n+]1ccc(-c2cc[n+](CCc3ccc([N+](=O)[O-])cc3)cc2)cc1. The maximum Gasteiger partial charge on any atom is 0.269 e. The van der Waals surface area contributed by atoms with Crippen molar-refractivity contribution in [2.75, 3.05) is 0 Å². The van der Waals surface area contributed by atoms with Gasteiger partial charge in [0.2, 0.25) is 0 Å². The van der Waals surface area contributed by atoms with Crippen LogP contribution in [0.1, 0.15) is 5.56 Å². The van der Waals surface area contributed by atoms with Gasteiger partial charge in [0.25, 0.3) is 5.69 Å². The molecule has 124 valence electrons. The van der Waals surface area contributed by atoms with Gasteiger partial charge in [-0.25, -0.2) is 4.57 Å². The monoisotopic (exact) mass is 333 g/mol. The molecule has 0 bridgehead atoms. The number of hydrogen-bond donors (Lipinski definition) is 0. The summed E-state index contributed by atoms with van der Waals surface area (Å²) in [6.45, 7) is 4.55. The van der Waals surface area contributed by atoms with Crippen LogP contribution in [0.5, 0.6) is 0 Å². The van der Waals surface area contributed by atoms with Gasteiger partial charge in [-0.2, -0.15) is 4.57 Å². The molecule has 0 fully saturated rings. The molecule has 0 atom stereocenters. The lowest BCUT2D eigenvalue weighted by Crippen LogP contribution is -2.33. The molecule has 0 N–H and O–H groups in total. The number of nitrogens with zero attached hydrogens (tertiary/aromatic N) is 3. The van der Waals surface area contributed by atoms with Crippen molar-refractivity contribution >= 4 is 11.9 Å². The predicted octanol–water partition coefficient (Wildman–Crippen LogP) is 3.18. The number of rotatable bonds is 6. The number of nitro benzene ring substituents is 1. The minimum Gasteiger partial charge on any atom is -0.258 e. The molecule has 3 aromatic rings. The van der Waals surface area contributed by atoms with Crippen LogP contribution in [0.4, 0.5) is 5.69 Å². The summed E-state index contributed by atoms with van der Waals surface area (Å²) in [6.07, 6.45) is 10.6. The Kier molecular flexibility index (Phi) is 4.95. The molecule has 2 heterocycles. The van der Waals surface area contributed by atoms with Crippen LogP contribution in [0.3, 0.4) is 0 Å². The highest BCUT2D eigenvalue weighted by Gasteiger charge is 2.07. The number of aromatic nitrogens is 2. The molecule has 25 heavy (non-hydrogen) atoms. The quantitative estimate of drug-likeness (QED) is 0.395. The van der Waals surface area contributed by atoms with Crippen LogP contribution >= 0.6 is 0 Å². The van der Waals surface area contributed by atoms with E-state index >= 15 is 0 Å². The number of hydrogen-bond acceptors (Lipinski definition) is 2. The van der Waals surface area contributed by atoms with Crippen LogP contribution in [0.15, 0.2) is 79.9 Å². The lowest BCUT2D eigenvalue weighted by Gasteiger charge is -2.01. The van der Waals surface area contributed by atoms with E-state index in [9.17, 15) is 10.1 Å². The van der Waals surface area contributed by atoms with E-state index in [1.54, 1.807) is 18.3 Å². The molecule has 0 spiro atoms. The summed E-state index contributed by atoms with van der Waals surface area (Å²) in [5.74, 6) is 0. The Morgan fingerprint density at radius 1 is 0.920 bits per heavy atom. The first-order valence-corrected chi connectivity index (χ1v) is 8.02. The standard InChI is InChI=1S/C20H19N3O2/c1-2-21-13-8-18(9-14-21)19-10-15-22(16-11-19)12-7-17-3-5-20(6-4-17)23(24)25/h2-6,8-11,13-16H,1,7,12H2/q+2. The van der Waals surface area contributed by atoms with Crippen molar-refractivity contribution in [3.05, 3.63) is 95.6 Å². The van der Waals surface area contributed by atoms with E-state index in [4.69, 9.17) is 0 Å². The third kappa shape index (κ3) is 4.14. The van der Waals surface area contributed by atoms with Crippen molar-refractivity contribution in [3.8, 4) is 11.1 Å². The molecule has 0 aliphatic heterocycles. The first kappa shape index (κ1) is 16.5. The van der Waals surface area contributed by atoms with Crippen molar-refractivity contribution in [2.45, 2.75) is 13.0 Å². The van der Waals surface area contributed by atoms with Gasteiger partial charge in [-0.05, 0) is 23.3 Å². The van der Waals surface area contributed by atoms with E-state index < -0.39 is 0 Å². The summed E-state index contributed by atoms with van der Waals surface area (Å²) in [7, 11) is 0. The minimum absolute atomic E-state index is 0.126. The van der Waals surface area contributed by atoms with Crippen molar-refractivity contribution in [3.63, 3.8) is 0 Å². The van der Waals surface area contributed by atoms with Crippen LogP contribution in [0.2, 0.25) is 0 Å². The number of aryl methyl sites for hydroxylation is 2. The lowest BCUT2D eigenvalue weighted by atomic mass is 10.1. The molecule has 5 heteroatoms. The zero-order chi connectivity index (χ0) is 17.6. The Morgan fingerprint density at radius 3 is 2.00 bits per heavy atom. The topological polar surface area (TPSA) is 50.9 Å². The van der Waals surface area contributed by atoms with Gasteiger partial charge in [0, 0.05) is 42.8 Å². The molecule has 5 nitrogen and oxygen atoms in total. The van der Waals surface area contributed by atoms with E-state index in [0.29, 0.717) is 0 Å². The Balaban J connectivity index is 1.63. The Morgan fingerprint density at radius 2 is 1.48 bits per heavy atom. The summed E-state index contributed by atoms with van der Waals surface area (Å²) < 4.78 is 4.01. The minimum atomic E-state index is -0.378. The molecule has 0 amide bonds.